The molecule has 1 heterocycles. The van der Waals surface area contributed by atoms with Crippen molar-refractivity contribution in [3.63, 3.8) is 0 Å². The molecule has 284 valence electrons. The lowest BCUT2D eigenvalue weighted by Crippen LogP contribution is -2.63. The van der Waals surface area contributed by atoms with Crippen LogP contribution in [0.1, 0.15) is 38.1 Å². The van der Waals surface area contributed by atoms with Gasteiger partial charge in [0.05, 0.1) is 39.6 Å². The fourth-order valence-corrected chi connectivity index (χ4v) is 4.61. The highest BCUT2D eigenvalue weighted by Crippen LogP contribution is 2.35. The van der Waals surface area contributed by atoms with Gasteiger partial charge >= 0.3 is 35.2 Å². The van der Waals surface area contributed by atoms with Crippen LogP contribution in [0, 0.1) is 0 Å². The number of nitrogens with zero attached hydrogens (tertiary/aromatic N) is 3. The number of nitrogens with one attached hydrogen (secondary N) is 1. The van der Waals surface area contributed by atoms with Crippen molar-refractivity contribution in [3.05, 3.63) is 34.2 Å². The molecule has 2 rings (SSSR count). The van der Waals surface area contributed by atoms with Crippen LogP contribution in [0.3, 0.4) is 0 Å². The van der Waals surface area contributed by atoms with E-state index in [-0.39, 0.29) is 50.8 Å². The second-order valence-electron chi connectivity index (χ2n) is 10.2. The molecule has 1 aliphatic rings. The summed E-state index contributed by atoms with van der Waals surface area (Å²) < 4.78 is 74.9. The minimum Gasteiger partial charge on any atom is -0.463 e. The van der Waals surface area contributed by atoms with Gasteiger partial charge in [0.25, 0.3) is 5.91 Å². The van der Waals surface area contributed by atoms with Crippen LogP contribution in [0.5, 0.6) is 11.5 Å². The number of carbonyl (C=O) groups is 5. The quantitative estimate of drug-likeness (QED) is 0.0315. The van der Waals surface area contributed by atoms with Crippen molar-refractivity contribution < 1.29 is 79.5 Å². The first kappa shape index (κ1) is 42.6. The Morgan fingerprint density at radius 3 is 2.02 bits per heavy atom. The fraction of sp³-hybridized carbons (Fsp3) is 0.621. The Morgan fingerprint density at radius 1 is 0.843 bits per heavy atom. The van der Waals surface area contributed by atoms with Crippen LogP contribution in [-0.2, 0) is 68.4 Å². The molecule has 1 amide bonds. The molecule has 22 heteroatoms. The molecule has 0 spiro atoms. The highest BCUT2D eigenvalue weighted by Gasteiger charge is 2.53. The summed E-state index contributed by atoms with van der Waals surface area (Å²) in [6, 6.07) is 3.57. The van der Waals surface area contributed by atoms with Gasteiger partial charge in [0, 0.05) is 51.3 Å². The molecule has 2 N–H and O–H groups in total. The van der Waals surface area contributed by atoms with Crippen LogP contribution in [0.25, 0.3) is 10.4 Å². The van der Waals surface area contributed by atoms with Crippen LogP contribution in [-0.4, -0.2) is 129 Å². The first-order valence-corrected chi connectivity index (χ1v) is 16.3. The molecule has 6 atom stereocenters. The monoisotopic (exact) mass is 748 g/mol. The van der Waals surface area contributed by atoms with Crippen LogP contribution >= 0.6 is 0 Å². The van der Waals surface area contributed by atoms with Gasteiger partial charge in [-0.2, -0.15) is 4.21 Å². The van der Waals surface area contributed by atoms with Gasteiger partial charge in [-0.05, 0) is 23.7 Å². The van der Waals surface area contributed by atoms with Crippen molar-refractivity contribution in [2.75, 3.05) is 59.3 Å². The van der Waals surface area contributed by atoms with Gasteiger partial charge in [-0.25, -0.2) is 0 Å². The molecule has 0 radical (unpaired) electrons. The second kappa shape index (κ2) is 23.0. The third-order valence-corrected chi connectivity index (χ3v) is 6.56. The van der Waals surface area contributed by atoms with E-state index in [2.05, 4.69) is 15.3 Å². The Balaban J connectivity index is 2.15. The van der Waals surface area contributed by atoms with E-state index in [0.29, 0.717) is 13.2 Å². The SMILES string of the molecule is CC(=O)OC[C@H]1O[C@@H](Oc2ccc(C(=O)NCCOCCOCCOCCN=[N+]=[N-])cc2OS(=O)O)[C@H](OC(C)=O)[C@@H](OC(C)=O)[C@H]1OC(C)=O. The molecular weight excluding hydrogens is 708 g/mol. The van der Waals surface area contributed by atoms with Crippen molar-refractivity contribution in [2.45, 2.75) is 58.4 Å². The van der Waals surface area contributed by atoms with Crippen molar-refractivity contribution in [1.29, 1.82) is 0 Å². The summed E-state index contributed by atoms with van der Waals surface area (Å²) in [4.78, 5) is 63.2. The maximum Gasteiger partial charge on any atom is 0.357 e. The van der Waals surface area contributed by atoms with Crippen LogP contribution < -0.4 is 14.2 Å². The number of rotatable bonds is 22. The molecule has 51 heavy (non-hydrogen) atoms. The molecule has 0 bridgehead atoms. The first-order valence-electron chi connectivity index (χ1n) is 15.2. The van der Waals surface area contributed by atoms with E-state index in [4.69, 9.17) is 52.3 Å². The average Bonchev–Trinajstić information content (AvgIpc) is 3.04. The van der Waals surface area contributed by atoms with E-state index >= 15 is 0 Å². The molecular formula is C29H40N4O17S. The highest BCUT2D eigenvalue weighted by atomic mass is 32.2. The molecule has 1 aromatic rings. The number of amides is 1. The summed E-state index contributed by atoms with van der Waals surface area (Å²) in [7, 11) is 0. The van der Waals surface area contributed by atoms with Gasteiger partial charge in [-0.15, -0.1) is 0 Å². The third-order valence-electron chi connectivity index (χ3n) is 6.23. The molecule has 1 aromatic carbocycles. The number of ether oxygens (including phenoxy) is 9. The molecule has 21 nitrogen and oxygen atoms in total. The molecule has 0 aromatic heterocycles. The van der Waals surface area contributed by atoms with Gasteiger partial charge in [0.2, 0.25) is 12.4 Å². The normalized spacial score (nSPS) is 20.1. The van der Waals surface area contributed by atoms with E-state index in [9.17, 15) is 32.7 Å². The Kier molecular flexibility index (Phi) is 19.2. The second-order valence-corrected chi connectivity index (χ2v) is 10.8. The standard InChI is InChI=1S/C29H40N4O17S/c1-17(34)44-16-24-25(45-18(2)35)26(46-19(3)36)27(47-20(4)37)29(49-24)48-22-6-5-21(15-23(22)50-51(39)40)28(38)31-7-9-41-11-13-43-14-12-42-10-8-32-33-30/h5-6,15,24-27,29H,7-14,16H2,1-4H3,(H,31,38)(H,39,40)/t24-,25+,26+,27-,29-/m1/s1. The lowest BCUT2D eigenvalue weighted by molar-refractivity contribution is -0.288. The largest absolute Gasteiger partial charge is 0.463 e. The molecule has 0 saturated carbocycles. The van der Waals surface area contributed by atoms with Crippen LogP contribution in [0.15, 0.2) is 23.3 Å². The van der Waals surface area contributed by atoms with Gasteiger partial charge in [0.1, 0.15) is 12.7 Å². The van der Waals surface area contributed by atoms with Gasteiger partial charge in [-0.1, -0.05) is 5.11 Å². The lowest BCUT2D eigenvalue weighted by atomic mass is 9.98. The zero-order valence-electron chi connectivity index (χ0n) is 28.2. The lowest BCUT2D eigenvalue weighted by Gasteiger charge is -2.43. The number of hydrogen-bond acceptors (Lipinski definition) is 17. The average molecular weight is 749 g/mol. The van der Waals surface area contributed by atoms with Gasteiger partial charge < -0.3 is 52.1 Å². The summed E-state index contributed by atoms with van der Waals surface area (Å²) in [5.41, 5.74) is 8.17. The Morgan fingerprint density at radius 2 is 1.43 bits per heavy atom. The highest BCUT2D eigenvalue weighted by molar-refractivity contribution is 7.74. The summed E-state index contributed by atoms with van der Waals surface area (Å²) in [5.74, 6) is -4.63. The van der Waals surface area contributed by atoms with E-state index in [0.717, 1.165) is 33.8 Å². The van der Waals surface area contributed by atoms with Crippen LogP contribution in [0.4, 0.5) is 0 Å². The zero-order chi connectivity index (χ0) is 37.8. The van der Waals surface area contributed by atoms with E-state index in [1.54, 1.807) is 0 Å². The third kappa shape index (κ3) is 16.3. The summed E-state index contributed by atoms with van der Waals surface area (Å²) >= 11 is -2.91. The molecule has 1 fully saturated rings. The minimum atomic E-state index is -2.91. The smallest absolute Gasteiger partial charge is 0.357 e. The van der Waals surface area contributed by atoms with Gasteiger partial charge in [-0.3, -0.25) is 28.5 Å². The van der Waals surface area contributed by atoms with Crippen molar-refractivity contribution in [2.24, 2.45) is 5.11 Å². The first-order chi connectivity index (χ1) is 24.3. The number of hydrogen-bond donors (Lipinski definition) is 2. The minimum absolute atomic E-state index is 0.0202. The number of azide groups is 1. The van der Waals surface area contributed by atoms with Crippen molar-refractivity contribution in [1.82, 2.24) is 5.32 Å². The number of esters is 4. The molecule has 1 unspecified atom stereocenters. The molecule has 1 aliphatic heterocycles. The maximum atomic E-state index is 12.8. The Bertz CT molecular complexity index is 1410. The number of benzene rings is 1. The molecule has 0 aliphatic carbocycles. The van der Waals surface area contributed by atoms with E-state index < -0.39 is 84.2 Å². The maximum absolute atomic E-state index is 12.8. The summed E-state index contributed by atoms with van der Waals surface area (Å²) in [5, 5.41) is 5.95. The summed E-state index contributed by atoms with van der Waals surface area (Å²) in [6.07, 6.45) is -7.60. The zero-order valence-corrected chi connectivity index (χ0v) is 29.0. The fourth-order valence-electron chi connectivity index (χ4n) is 4.33. The van der Waals surface area contributed by atoms with Crippen molar-refractivity contribution >= 4 is 41.1 Å². The number of carbonyl (C=O) groups excluding carboxylic acids is 5. The van der Waals surface area contributed by atoms with Crippen molar-refractivity contribution in [3.8, 4) is 11.5 Å². The Hall–Kier alpha value is -4.57. The Labute approximate surface area is 294 Å². The van der Waals surface area contributed by atoms with Gasteiger partial charge in [0.15, 0.2) is 23.7 Å². The van der Waals surface area contributed by atoms with Crippen LogP contribution in [0.2, 0.25) is 0 Å². The predicted molar refractivity (Wildman–Crippen MR) is 169 cm³/mol. The topological polar surface area (TPSA) is 276 Å². The predicted octanol–water partition coefficient (Wildman–Crippen LogP) is 0.754. The van der Waals surface area contributed by atoms with E-state index in [1.165, 1.54) is 12.1 Å². The van der Waals surface area contributed by atoms with E-state index in [1.807, 2.05) is 0 Å². The molecule has 1 saturated heterocycles. The summed E-state index contributed by atoms with van der Waals surface area (Å²) in [6.45, 7) is 5.62.